The van der Waals surface area contributed by atoms with Gasteiger partial charge in [-0.3, -0.25) is 14.3 Å². The summed E-state index contributed by atoms with van der Waals surface area (Å²) in [5.41, 5.74) is -0.0693. The third kappa shape index (κ3) is 5.22. The van der Waals surface area contributed by atoms with E-state index in [1.54, 1.807) is 23.7 Å². The summed E-state index contributed by atoms with van der Waals surface area (Å²) in [5, 5.41) is 8.04. The Bertz CT molecular complexity index is 1900. The van der Waals surface area contributed by atoms with E-state index in [-0.39, 0.29) is 17.3 Å². The number of alkyl halides is 3. The van der Waals surface area contributed by atoms with Gasteiger partial charge in [0, 0.05) is 30.4 Å². The molecule has 0 atom stereocenters. The molecule has 0 amide bonds. The van der Waals surface area contributed by atoms with Crippen molar-refractivity contribution in [2.24, 2.45) is 7.05 Å². The minimum atomic E-state index is -4.77. The van der Waals surface area contributed by atoms with Crippen molar-refractivity contribution in [3.63, 3.8) is 0 Å². The zero-order valence-electron chi connectivity index (χ0n) is 23.3. The van der Waals surface area contributed by atoms with E-state index in [0.29, 0.717) is 40.6 Å². The standard InChI is InChI=1S/C30H28F4N8O/c1-40-16-35-39-28(40)21-13-19(31)7-8-20(21)18-11-23(17-5-6-17)36-25(12-18)42-14-22(30(32,33)34)26-27(29(42)43)38-24(37-26)15-41-9-3-2-4-10-41/h7-8,11-14,16-17H,2-6,9-10,15H2,1H3,(H,37,38). The molecular formula is C30H28F4N8O. The summed E-state index contributed by atoms with van der Waals surface area (Å²) in [6.07, 6.45) is 2.40. The van der Waals surface area contributed by atoms with Crippen LogP contribution in [0.4, 0.5) is 17.6 Å². The highest BCUT2D eigenvalue weighted by Crippen LogP contribution is 2.42. The number of aryl methyl sites for hydroxylation is 1. The average molecular weight is 593 g/mol. The number of nitrogens with one attached hydrogen (secondary N) is 1. The van der Waals surface area contributed by atoms with Crippen LogP contribution in [0, 0.1) is 5.82 Å². The molecule has 4 aromatic heterocycles. The normalized spacial score (nSPS) is 16.3. The molecule has 7 rings (SSSR count). The second-order valence-electron chi connectivity index (χ2n) is 11.3. The number of halogens is 4. The maximum atomic E-state index is 14.4. The molecule has 222 valence electrons. The van der Waals surface area contributed by atoms with Gasteiger partial charge in [0.25, 0.3) is 5.56 Å². The van der Waals surface area contributed by atoms with Gasteiger partial charge >= 0.3 is 6.18 Å². The van der Waals surface area contributed by atoms with Crippen LogP contribution in [0.5, 0.6) is 0 Å². The van der Waals surface area contributed by atoms with Crippen LogP contribution < -0.4 is 5.56 Å². The van der Waals surface area contributed by atoms with Gasteiger partial charge < -0.3 is 9.55 Å². The molecule has 5 heterocycles. The molecule has 0 bridgehead atoms. The summed E-state index contributed by atoms with van der Waals surface area (Å²) in [6, 6.07) is 7.63. The van der Waals surface area contributed by atoms with Gasteiger partial charge in [-0.2, -0.15) is 13.2 Å². The number of fused-ring (bicyclic) bond motifs is 1. The highest BCUT2D eigenvalue weighted by atomic mass is 19.4. The number of likely N-dealkylation sites (tertiary alicyclic amines) is 1. The first-order valence-electron chi connectivity index (χ1n) is 14.3. The van der Waals surface area contributed by atoms with Gasteiger partial charge in [-0.05, 0) is 74.2 Å². The van der Waals surface area contributed by atoms with E-state index >= 15 is 0 Å². The fraction of sp³-hybridized carbons (Fsp3) is 0.367. The maximum absolute atomic E-state index is 14.4. The number of H-pyrrole nitrogens is 1. The second kappa shape index (κ2) is 10.4. The Labute approximate surface area is 243 Å². The van der Waals surface area contributed by atoms with Crippen LogP contribution >= 0.6 is 0 Å². The van der Waals surface area contributed by atoms with Gasteiger partial charge in [-0.1, -0.05) is 12.5 Å². The molecule has 2 fully saturated rings. The Morgan fingerprint density at radius 2 is 1.81 bits per heavy atom. The van der Waals surface area contributed by atoms with Crippen molar-refractivity contribution in [2.45, 2.75) is 50.7 Å². The van der Waals surface area contributed by atoms with Gasteiger partial charge in [-0.15, -0.1) is 10.2 Å². The molecule has 5 aromatic rings. The maximum Gasteiger partial charge on any atom is 0.419 e. The Kier molecular flexibility index (Phi) is 6.64. The fourth-order valence-electron chi connectivity index (χ4n) is 5.81. The Morgan fingerprint density at radius 3 is 2.51 bits per heavy atom. The molecule has 1 aliphatic heterocycles. The van der Waals surface area contributed by atoms with Crippen molar-refractivity contribution in [3.05, 3.63) is 76.1 Å². The molecule has 1 saturated heterocycles. The molecule has 13 heteroatoms. The third-order valence-electron chi connectivity index (χ3n) is 8.15. The molecule has 43 heavy (non-hydrogen) atoms. The first-order chi connectivity index (χ1) is 20.7. The van der Waals surface area contributed by atoms with E-state index in [1.165, 1.54) is 18.5 Å². The number of benzene rings is 1. The van der Waals surface area contributed by atoms with Crippen LogP contribution in [-0.2, 0) is 19.8 Å². The van der Waals surface area contributed by atoms with Gasteiger partial charge in [0.15, 0.2) is 5.82 Å². The Balaban J connectivity index is 1.40. The average Bonchev–Trinajstić information content (AvgIpc) is 3.61. The number of nitrogens with zero attached hydrogens (tertiary/aromatic N) is 7. The largest absolute Gasteiger partial charge is 0.419 e. The zero-order chi connectivity index (χ0) is 29.9. The smallest absolute Gasteiger partial charge is 0.336 e. The summed E-state index contributed by atoms with van der Waals surface area (Å²) < 4.78 is 60.2. The van der Waals surface area contributed by atoms with E-state index in [4.69, 9.17) is 0 Å². The minimum absolute atomic E-state index is 0.0391. The SMILES string of the molecule is Cn1cnnc1-c1cc(F)ccc1-c1cc(C2CC2)nc(-n2cc(C(F)(F)F)c3nc(CN4CCCCC4)[nH]c3c2=O)c1. The molecule has 0 unspecified atom stereocenters. The number of rotatable bonds is 6. The van der Waals surface area contributed by atoms with Crippen LogP contribution in [-0.4, -0.2) is 52.3 Å². The van der Waals surface area contributed by atoms with Gasteiger partial charge in [-0.25, -0.2) is 14.4 Å². The number of hydrogen-bond acceptors (Lipinski definition) is 6. The molecule has 1 aromatic carbocycles. The number of pyridine rings is 2. The summed E-state index contributed by atoms with van der Waals surface area (Å²) in [6.45, 7) is 1.99. The van der Waals surface area contributed by atoms with Crippen molar-refractivity contribution in [1.29, 1.82) is 0 Å². The minimum Gasteiger partial charge on any atom is -0.336 e. The number of imidazole rings is 1. The van der Waals surface area contributed by atoms with Crippen molar-refractivity contribution in [2.75, 3.05) is 13.1 Å². The lowest BCUT2D eigenvalue weighted by Gasteiger charge is -2.25. The van der Waals surface area contributed by atoms with Crippen LogP contribution in [0.2, 0.25) is 0 Å². The highest BCUT2D eigenvalue weighted by Gasteiger charge is 2.36. The predicted octanol–water partition coefficient (Wildman–Crippen LogP) is 5.59. The number of hydrogen-bond donors (Lipinski definition) is 1. The van der Waals surface area contributed by atoms with Gasteiger partial charge in [0.05, 0.1) is 6.54 Å². The van der Waals surface area contributed by atoms with E-state index in [0.717, 1.165) is 56.0 Å². The molecule has 0 radical (unpaired) electrons. The van der Waals surface area contributed by atoms with Gasteiger partial charge in [0.1, 0.15) is 40.4 Å². The third-order valence-corrected chi connectivity index (χ3v) is 8.15. The van der Waals surface area contributed by atoms with Crippen LogP contribution in [0.3, 0.4) is 0 Å². The number of piperidine rings is 1. The van der Waals surface area contributed by atoms with E-state index in [9.17, 15) is 22.4 Å². The number of aromatic amines is 1. The van der Waals surface area contributed by atoms with Crippen LogP contribution in [0.1, 0.15) is 55.1 Å². The molecule has 1 N–H and O–H groups in total. The zero-order valence-corrected chi connectivity index (χ0v) is 23.3. The summed E-state index contributed by atoms with van der Waals surface area (Å²) >= 11 is 0. The summed E-state index contributed by atoms with van der Waals surface area (Å²) in [5.74, 6) is 0.406. The summed E-state index contributed by atoms with van der Waals surface area (Å²) in [4.78, 5) is 27.7. The highest BCUT2D eigenvalue weighted by molar-refractivity contribution is 5.82. The fourth-order valence-corrected chi connectivity index (χ4v) is 5.81. The van der Waals surface area contributed by atoms with Crippen molar-refractivity contribution in [1.82, 2.24) is 39.2 Å². The van der Waals surface area contributed by atoms with E-state index in [1.807, 2.05) is 6.07 Å². The molecule has 1 aliphatic carbocycles. The molecular weight excluding hydrogens is 564 g/mol. The molecule has 0 spiro atoms. The molecule has 2 aliphatic rings. The van der Waals surface area contributed by atoms with Crippen LogP contribution in [0.15, 0.2) is 47.7 Å². The van der Waals surface area contributed by atoms with E-state index in [2.05, 4.69) is 30.0 Å². The lowest BCUT2D eigenvalue weighted by atomic mass is 9.98. The molecule has 9 nitrogen and oxygen atoms in total. The van der Waals surface area contributed by atoms with E-state index < -0.39 is 28.6 Å². The first kappa shape index (κ1) is 27.4. The number of aromatic nitrogens is 7. The predicted molar refractivity (Wildman–Crippen MR) is 151 cm³/mol. The van der Waals surface area contributed by atoms with Crippen molar-refractivity contribution in [3.8, 4) is 28.3 Å². The monoisotopic (exact) mass is 592 g/mol. The van der Waals surface area contributed by atoms with Crippen molar-refractivity contribution >= 4 is 11.0 Å². The van der Waals surface area contributed by atoms with Crippen molar-refractivity contribution < 1.29 is 17.6 Å². The Morgan fingerprint density at radius 1 is 1.02 bits per heavy atom. The summed E-state index contributed by atoms with van der Waals surface area (Å²) in [7, 11) is 1.73. The second-order valence-corrected chi connectivity index (χ2v) is 11.3. The molecule has 1 saturated carbocycles. The Hall–Kier alpha value is -4.39. The van der Waals surface area contributed by atoms with Gasteiger partial charge in [0.2, 0.25) is 0 Å². The first-order valence-corrected chi connectivity index (χ1v) is 14.3. The lowest BCUT2D eigenvalue weighted by Crippen LogP contribution is -2.29. The van der Waals surface area contributed by atoms with Crippen LogP contribution in [0.25, 0.3) is 39.4 Å². The quantitative estimate of drug-likeness (QED) is 0.258. The topological polar surface area (TPSA) is 97.5 Å². The lowest BCUT2D eigenvalue weighted by molar-refractivity contribution is -0.136.